The van der Waals surface area contributed by atoms with Crippen molar-refractivity contribution < 1.29 is 5.11 Å². The average Bonchev–Trinajstić information content (AvgIpc) is 2.25. The van der Waals surface area contributed by atoms with Crippen molar-refractivity contribution in [1.29, 1.82) is 0 Å². The first-order chi connectivity index (χ1) is 7.59. The molecule has 0 aromatic heterocycles. The first kappa shape index (κ1) is 13.5. The second kappa shape index (κ2) is 6.89. The topological polar surface area (TPSA) is 23.5 Å². The fraction of sp³-hybridized carbons (Fsp3) is 0.538. The molecule has 0 amide bonds. The third kappa shape index (κ3) is 4.97. The molecule has 0 bridgehead atoms. The van der Waals surface area contributed by atoms with E-state index in [0.717, 1.165) is 31.0 Å². The molecule has 0 saturated heterocycles. The number of aliphatic hydroxyl groups is 1. The molecule has 1 aromatic carbocycles. The van der Waals surface area contributed by atoms with E-state index in [1.54, 1.807) is 0 Å². The van der Waals surface area contributed by atoms with Gasteiger partial charge in [-0.25, -0.2) is 0 Å². The normalized spacial score (nSPS) is 13.1. The van der Waals surface area contributed by atoms with Crippen molar-refractivity contribution >= 4 is 11.6 Å². The van der Waals surface area contributed by atoms with Gasteiger partial charge in [0.2, 0.25) is 0 Å². The summed E-state index contributed by atoms with van der Waals surface area (Å²) < 4.78 is 0. The zero-order valence-electron chi connectivity index (χ0n) is 9.99. The van der Waals surface area contributed by atoms with Gasteiger partial charge in [-0.2, -0.15) is 0 Å². The van der Waals surface area contributed by atoms with Crippen molar-refractivity contribution in [1.82, 2.24) is 4.90 Å². The van der Waals surface area contributed by atoms with Crippen molar-refractivity contribution in [3.63, 3.8) is 0 Å². The van der Waals surface area contributed by atoms with Crippen LogP contribution in [0.4, 0.5) is 0 Å². The third-order valence-electron chi connectivity index (χ3n) is 2.65. The number of hydrogen-bond acceptors (Lipinski definition) is 2. The van der Waals surface area contributed by atoms with E-state index in [4.69, 9.17) is 11.6 Å². The van der Waals surface area contributed by atoms with Gasteiger partial charge < -0.3 is 10.0 Å². The van der Waals surface area contributed by atoms with Crippen LogP contribution in [0.15, 0.2) is 24.3 Å². The second-order valence-electron chi connectivity index (χ2n) is 4.28. The SMILES string of the molecule is CC(O)CCN(C)CCc1ccccc1Cl. The maximum absolute atomic E-state index is 9.18. The van der Waals surface area contributed by atoms with Gasteiger partial charge in [0, 0.05) is 18.1 Å². The van der Waals surface area contributed by atoms with Gasteiger partial charge >= 0.3 is 0 Å². The van der Waals surface area contributed by atoms with Crippen LogP contribution in [0.25, 0.3) is 0 Å². The Morgan fingerprint density at radius 2 is 2.00 bits per heavy atom. The highest BCUT2D eigenvalue weighted by Gasteiger charge is 2.03. The summed E-state index contributed by atoms with van der Waals surface area (Å²) in [5.41, 5.74) is 1.19. The van der Waals surface area contributed by atoms with Gasteiger partial charge in [0.15, 0.2) is 0 Å². The molecule has 0 saturated carbocycles. The smallest absolute Gasteiger partial charge is 0.0524 e. The molecule has 1 aromatic rings. The van der Waals surface area contributed by atoms with Crippen molar-refractivity contribution in [2.75, 3.05) is 20.1 Å². The highest BCUT2D eigenvalue weighted by molar-refractivity contribution is 6.31. The standard InChI is InChI=1S/C13H20ClNO/c1-11(16)7-9-15(2)10-8-12-5-3-4-6-13(12)14/h3-6,11,16H,7-10H2,1-2H3. The largest absolute Gasteiger partial charge is 0.393 e. The monoisotopic (exact) mass is 241 g/mol. The fourth-order valence-electron chi connectivity index (χ4n) is 1.53. The lowest BCUT2D eigenvalue weighted by Gasteiger charge is -2.17. The van der Waals surface area contributed by atoms with Gasteiger partial charge in [-0.15, -0.1) is 0 Å². The van der Waals surface area contributed by atoms with E-state index in [0.29, 0.717) is 0 Å². The summed E-state index contributed by atoms with van der Waals surface area (Å²) in [4.78, 5) is 2.22. The first-order valence-corrected chi connectivity index (χ1v) is 6.07. The lowest BCUT2D eigenvalue weighted by Crippen LogP contribution is -2.24. The Morgan fingerprint density at radius 3 is 2.62 bits per heavy atom. The van der Waals surface area contributed by atoms with Crippen molar-refractivity contribution in [2.24, 2.45) is 0 Å². The zero-order valence-corrected chi connectivity index (χ0v) is 10.7. The number of halogens is 1. The number of hydrogen-bond donors (Lipinski definition) is 1. The Morgan fingerprint density at radius 1 is 1.31 bits per heavy atom. The molecule has 1 N–H and O–H groups in total. The van der Waals surface area contributed by atoms with Gasteiger partial charge in [0.05, 0.1) is 6.10 Å². The highest BCUT2D eigenvalue weighted by Crippen LogP contribution is 2.15. The summed E-state index contributed by atoms with van der Waals surface area (Å²) in [5, 5.41) is 10.0. The Hall–Kier alpha value is -0.570. The summed E-state index contributed by atoms with van der Waals surface area (Å²) in [7, 11) is 2.07. The van der Waals surface area contributed by atoms with E-state index >= 15 is 0 Å². The molecule has 0 spiro atoms. The highest BCUT2D eigenvalue weighted by atomic mass is 35.5. The van der Waals surface area contributed by atoms with E-state index in [1.807, 2.05) is 25.1 Å². The van der Waals surface area contributed by atoms with Crippen LogP contribution in [0.5, 0.6) is 0 Å². The number of likely N-dealkylation sites (N-methyl/N-ethyl adjacent to an activating group) is 1. The predicted molar refractivity (Wildman–Crippen MR) is 69.0 cm³/mol. The van der Waals surface area contributed by atoms with Crippen LogP contribution in [0.2, 0.25) is 5.02 Å². The third-order valence-corrected chi connectivity index (χ3v) is 3.02. The van der Waals surface area contributed by atoms with Gasteiger partial charge in [-0.05, 0) is 38.4 Å². The van der Waals surface area contributed by atoms with Crippen LogP contribution in [0.3, 0.4) is 0 Å². The van der Waals surface area contributed by atoms with Crippen LogP contribution in [-0.4, -0.2) is 36.2 Å². The van der Waals surface area contributed by atoms with Crippen molar-refractivity contribution in [3.8, 4) is 0 Å². The lowest BCUT2D eigenvalue weighted by atomic mass is 10.1. The van der Waals surface area contributed by atoms with Crippen LogP contribution >= 0.6 is 11.6 Å². The minimum atomic E-state index is -0.220. The molecule has 0 fully saturated rings. The van der Waals surface area contributed by atoms with Crippen LogP contribution in [0.1, 0.15) is 18.9 Å². The number of nitrogens with zero attached hydrogens (tertiary/aromatic N) is 1. The molecule has 0 heterocycles. The molecule has 1 rings (SSSR count). The summed E-state index contributed by atoms with van der Waals surface area (Å²) in [5.74, 6) is 0. The molecular formula is C13H20ClNO. The molecule has 0 radical (unpaired) electrons. The Labute approximate surface area is 103 Å². The predicted octanol–water partition coefficient (Wildman–Crippen LogP) is 2.59. The summed E-state index contributed by atoms with van der Waals surface area (Å²) >= 11 is 6.08. The fourth-order valence-corrected chi connectivity index (χ4v) is 1.76. The van der Waals surface area contributed by atoms with Crippen LogP contribution < -0.4 is 0 Å². The molecular weight excluding hydrogens is 222 g/mol. The second-order valence-corrected chi connectivity index (χ2v) is 4.69. The lowest BCUT2D eigenvalue weighted by molar-refractivity contribution is 0.165. The maximum atomic E-state index is 9.18. The van der Waals surface area contributed by atoms with Gasteiger partial charge in [-0.1, -0.05) is 29.8 Å². The molecule has 3 heteroatoms. The Kier molecular flexibility index (Phi) is 5.81. The molecule has 1 unspecified atom stereocenters. The molecule has 1 atom stereocenters. The van der Waals surface area contributed by atoms with E-state index in [-0.39, 0.29) is 6.10 Å². The van der Waals surface area contributed by atoms with E-state index < -0.39 is 0 Å². The maximum Gasteiger partial charge on any atom is 0.0524 e. The quantitative estimate of drug-likeness (QED) is 0.828. The molecule has 0 aliphatic heterocycles. The number of aliphatic hydroxyl groups excluding tert-OH is 1. The summed E-state index contributed by atoms with van der Waals surface area (Å²) in [6, 6.07) is 7.94. The minimum Gasteiger partial charge on any atom is -0.393 e. The molecule has 0 aliphatic rings. The summed E-state index contributed by atoms with van der Waals surface area (Å²) in [6.07, 6.45) is 1.55. The van der Waals surface area contributed by atoms with Crippen LogP contribution in [0, 0.1) is 0 Å². The van der Waals surface area contributed by atoms with Crippen molar-refractivity contribution in [2.45, 2.75) is 25.9 Å². The van der Waals surface area contributed by atoms with E-state index in [9.17, 15) is 5.11 Å². The molecule has 2 nitrogen and oxygen atoms in total. The van der Waals surface area contributed by atoms with Crippen molar-refractivity contribution in [3.05, 3.63) is 34.9 Å². The van der Waals surface area contributed by atoms with Gasteiger partial charge in [-0.3, -0.25) is 0 Å². The molecule has 0 aliphatic carbocycles. The number of benzene rings is 1. The Bertz CT molecular complexity index is 315. The van der Waals surface area contributed by atoms with E-state index in [1.165, 1.54) is 5.56 Å². The van der Waals surface area contributed by atoms with E-state index in [2.05, 4.69) is 18.0 Å². The minimum absolute atomic E-state index is 0.220. The summed E-state index contributed by atoms with van der Waals surface area (Å²) in [6.45, 7) is 3.71. The molecule has 16 heavy (non-hydrogen) atoms. The number of rotatable bonds is 6. The Balaban J connectivity index is 2.31. The van der Waals surface area contributed by atoms with Gasteiger partial charge in [0.1, 0.15) is 0 Å². The van der Waals surface area contributed by atoms with Crippen LogP contribution in [-0.2, 0) is 6.42 Å². The zero-order chi connectivity index (χ0) is 12.0. The first-order valence-electron chi connectivity index (χ1n) is 5.69. The van der Waals surface area contributed by atoms with Gasteiger partial charge in [0.25, 0.3) is 0 Å². The average molecular weight is 242 g/mol. The molecule has 90 valence electrons.